The molecule has 0 aliphatic carbocycles. The molecule has 7 heteroatoms. The highest BCUT2D eigenvalue weighted by Crippen LogP contribution is 2.31. The van der Waals surface area contributed by atoms with Crippen molar-refractivity contribution in [2.24, 2.45) is 11.7 Å². The van der Waals surface area contributed by atoms with Gasteiger partial charge in [0.1, 0.15) is 0 Å². The van der Waals surface area contributed by atoms with E-state index in [9.17, 15) is 9.59 Å². The Labute approximate surface area is 148 Å². The average molecular weight is 347 g/mol. The topological polar surface area (TPSA) is 95.3 Å². The Bertz CT molecular complexity index is 622. The van der Waals surface area contributed by atoms with E-state index in [1.807, 2.05) is 23.6 Å². The summed E-state index contributed by atoms with van der Waals surface area (Å²) in [6.45, 7) is 6.60. The number of H-pyrrole nitrogens is 1. The van der Waals surface area contributed by atoms with Crippen molar-refractivity contribution in [1.82, 2.24) is 20.0 Å². The van der Waals surface area contributed by atoms with E-state index in [-0.39, 0.29) is 17.9 Å². The minimum Gasteiger partial charge on any atom is -0.342 e. The first-order chi connectivity index (χ1) is 12.0. The van der Waals surface area contributed by atoms with Crippen LogP contribution in [0.3, 0.4) is 0 Å². The number of nitrogens with two attached hydrogens (primary N) is 1. The van der Waals surface area contributed by atoms with Gasteiger partial charge in [-0.1, -0.05) is 0 Å². The summed E-state index contributed by atoms with van der Waals surface area (Å²) in [5.41, 5.74) is 8.84. The van der Waals surface area contributed by atoms with Gasteiger partial charge in [-0.05, 0) is 44.6 Å². The zero-order valence-corrected chi connectivity index (χ0v) is 15.3. The van der Waals surface area contributed by atoms with E-state index in [0.717, 1.165) is 49.3 Å². The largest absolute Gasteiger partial charge is 0.342 e. The van der Waals surface area contributed by atoms with Gasteiger partial charge < -0.3 is 15.5 Å². The van der Waals surface area contributed by atoms with Crippen LogP contribution >= 0.6 is 0 Å². The lowest BCUT2D eigenvalue weighted by Gasteiger charge is -2.47. The Kier molecular flexibility index (Phi) is 5.42. The van der Waals surface area contributed by atoms with Gasteiger partial charge in [0.25, 0.3) is 0 Å². The van der Waals surface area contributed by atoms with Crippen molar-refractivity contribution in [3.05, 3.63) is 17.0 Å². The molecular formula is C18H29N5O2. The number of carbonyl (C=O) groups excluding carboxylic acids is 2. The van der Waals surface area contributed by atoms with Crippen LogP contribution in [-0.4, -0.2) is 64.0 Å². The Hall–Kier alpha value is -1.89. The third kappa shape index (κ3) is 3.71. The molecule has 3 N–H and O–H groups in total. The van der Waals surface area contributed by atoms with Crippen molar-refractivity contribution in [2.45, 2.75) is 52.0 Å². The fourth-order valence-corrected chi connectivity index (χ4v) is 4.34. The summed E-state index contributed by atoms with van der Waals surface area (Å²) in [4.78, 5) is 28.7. The second-order valence-corrected chi connectivity index (χ2v) is 7.28. The molecule has 7 nitrogen and oxygen atoms in total. The lowest BCUT2D eigenvalue weighted by molar-refractivity contribution is -0.144. The van der Waals surface area contributed by atoms with Crippen LogP contribution < -0.4 is 5.73 Å². The molecule has 0 bridgehead atoms. The third-order valence-electron chi connectivity index (χ3n) is 5.74. The van der Waals surface area contributed by atoms with Gasteiger partial charge in [-0.3, -0.25) is 14.7 Å². The van der Waals surface area contributed by atoms with Crippen LogP contribution in [0.2, 0.25) is 0 Å². The highest BCUT2D eigenvalue weighted by atomic mass is 16.2. The smallest absolute Gasteiger partial charge is 0.222 e. The summed E-state index contributed by atoms with van der Waals surface area (Å²) >= 11 is 0. The first-order valence-electron chi connectivity index (χ1n) is 9.29. The molecule has 2 fully saturated rings. The van der Waals surface area contributed by atoms with E-state index in [1.165, 1.54) is 0 Å². The van der Waals surface area contributed by atoms with Crippen LogP contribution in [-0.2, 0) is 16.0 Å². The lowest BCUT2D eigenvalue weighted by Crippen LogP contribution is -2.57. The molecule has 0 radical (unpaired) electrons. The molecule has 2 amide bonds. The van der Waals surface area contributed by atoms with Gasteiger partial charge in [-0.25, -0.2) is 0 Å². The molecular weight excluding hydrogens is 318 g/mol. The van der Waals surface area contributed by atoms with E-state index >= 15 is 0 Å². The first-order valence-corrected chi connectivity index (χ1v) is 9.29. The number of likely N-dealkylation sites (tertiary alicyclic amines) is 2. The average Bonchev–Trinajstić information content (AvgIpc) is 2.93. The fourth-order valence-electron chi connectivity index (χ4n) is 4.34. The first kappa shape index (κ1) is 17.9. The van der Waals surface area contributed by atoms with E-state index in [1.54, 1.807) is 0 Å². The van der Waals surface area contributed by atoms with Crippen LogP contribution in [0.25, 0.3) is 0 Å². The van der Waals surface area contributed by atoms with Crippen molar-refractivity contribution in [3.63, 3.8) is 0 Å². The van der Waals surface area contributed by atoms with Crippen LogP contribution in [0, 0.1) is 19.8 Å². The Balaban J connectivity index is 1.57. The molecule has 3 heterocycles. The summed E-state index contributed by atoms with van der Waals surface area (Å²) in [5.74, 6) is 0.817. The normalized spacial score (nSPS) is 23.7. The summed E-state index contributed by atoms with van der Waals surface area (Å²) < 4.78 is 0. The second kappa shape index (κ2) is 7.56. The zero-order chi connectivity index (χ0) is 18.0. The molecule has 25 heavy (non-hydrogen) atoms. The van der Waals surface area contributed by atoms with E-state index in [4.69, 9.17) is 5.73 Å². The van der Waals surface area contributed by atoms with Crippen molar-refractivity contribution in [3.8, 4) is 0 Å². The number of aromatic amines is 1. The van der Waals surface area contributed by atoms with Gasteiger partial charge in [-0.15, -0.1) is 0 Å². The SMILES string of the molecule is Cc1n[nH]c(C)c1CCC(=O)N1CC[C@@H]2[C@@H](CCC(=O)N2CCN)C1. The second-order valence-electron chi connectivity index (χ2n) is 7.28. The quantitative estimate of drug-likeness (QED) is 0.822. The molecule has 2 aliphatic heterocycles. The number of nitrogens with zero attached hydrogens (tertiary/aromatic N) is 3. The van der Waals surface area contributed by atoms with Crippen LogP contribution in [0.1, 0.15) is 42.6 Å². The molecule has 2 saturated heterocycles. The molecule has 1 aromatic heterocycles. The van der Waals surface area contributed by atoms with Gasteiger partial charge in [0, 0.05) is 50.8 Å². The molecule has 1 aromatic rings. The monoisotopic (exact) mass is 347 g/mol. The zero-order valence-electron chi connectivity index (χ0n) is 15.3. The van der Waals surface area contributed by atoms with Crippen LogP contribution in [0.4, 0.5) is 0 Å². The van der Waals surface area contributed by atoms with Crippen LogP contribution in [0.15, 0.2) is 0 Å². The summed E-state index contributed by atoms with van der Waals surface area (Å²) in [7, 11) is 0. The fraction of sp³-hybridized carbons (Fsp3) is 0.722. The Morgan fingerprint density at radius 3 is 2.84 bits per heavy atom. The Morgan fingerprint density at radius 1 is 1.36 bits per heavy atom. The summed E-state index contributed by atoms with van der Waals surface area (Å²) in [5, 5.41) is 7.17. The van der Waals surface area contributed by atoms with E-state index < -0.39 is 0 Å². The van der Waals surface area contributed by atoms with E-state index in [0.29, 0.717) is 31.8 Å². The maximum atomic E-state index is 12.7. The molecule has 138 valence electrons. The summed E-state index contributed by atoms with van der Waals surface area (Å²) in [6.07, 6.45) is 3.58. The number of rotatable bonds is 5. The van der Waals surface area contributed by atoms with Crippen molar-refractivity contribution in [2.75, 3.05) is 26.2 Å². The predicted octanol–water partition coefficient (Wildman–Crippen LogP) is 0.757. The van der Waals surface area contributed by atoms with Gasteiger partial charge in [0.2, 0.25) is 11.8 Å². The van der Waals surface area contributed by atoms with Crippen molar-refractivity contribution >= 4 is 11.8 Å². The number of amides is 2. The lowest BCUT2D eigenvalue weighted by atomic mass is 9.83. The standard InChI is InChI=1S/C18H29N5O2/c1-12-15(13(2)21-20-12)4-6-17(24)22-9-7-16-14(11-22)3-5-18(25)23(16)10-8-19/h14,16H,3-11,19H2,1-2H3,(H,20,21)/t14-,16+/m0/s1. The maximum Gasteiger partial charge on any atom is 0.222 e. The molecule has 0 unspecified atom stereocenters. The van der Waals surface area contributed by atoms with Gasteiger partial charge in [0.05, 0.1) is 5.69 Å². The molecule has 0 spiro atoms. The Morgan fingerprint density at radius 2 is 2.16 bits per heavy atom. The molecule has 2 aliphatic rings. The van der Waals surface area contributed by atoms with Crippen molar-refractivity contribution in [1.29, 1.82) is 0 Å². The number of aryl methyl sites for hydroxylation is 2. The molecule has 0 aromatic carbocycles. The number of piperidine rings is 2. The molecule has 2 atom stereocenters. The molecule has 0 saturated carbocycles. The van der Waals surface area contributed by atoms with Crippen molar-refractivity contribution < 1.29 is 9.59 Å². The third-order valence-corrected chi connectivity index (χ3v) is 5.74. The van der Waals surface area contributed by atoms with Crippen LogP contribution in [0.5, 0.6) is 0 Å². The highest BCUT2D eigenvalue weighted by molar-refractivity contribution is 5.78. The number of hydrogen-bond donors (Lipinski definition) is 2. The van der Waals surface area contributed by atoms with Gasteiger partial charge in [-0.2, -0.15) is 5.10 Å². The maximum absolute atomic E-state index is 12.7. The van der Waals surface area contributed by atoms with Gasteiger partial charge in [0.15, 0.2) is 0 Å². The predicted molar refractivity (Wildman–Crippen MR) is 94.9 cm³/mol. The minimum atomic E-state index is 0.209. The molecule has 3 rings (SSSR count). The number of carbonyl (C=O) groups is 2. The number of fused-ring (bicyclic) bond motifs is 1. The van der Waals surface area contributed by atoms with E-state index in [2.05, 4.69) is 10.2 Å². The number of hydrogen-bond acceptors (Lipinski definition) is 4. The summed E-state index contributed by atoms with van der Waals surface area (Å²) in [6, 6.07) is 0.257. The number of nitrogens with one attached hydrogen (secondary N) is 1. The highest BCUT2D eigenvalue weighted by Gasteiger charge is 2.39. The number of aromatic nitrogens is 2. The van der Waals surface area contributed by atoms with Gasteiger partial charge >= 0.3 is 0 Å². The minimum absolute atomic E-state index is 0.209.